The summed E-state index contributed by atoms with van der Waals surface area (Å²) in [4.78, 5) is 29.3. The van der Waals surface area contributed by atoms with Crippen LogP contribution in [0.5, 0.6) is 5.75 Å². The summed E-state index contributed by atoms with van der Waals surface area (Å²) in [6.07, 6.45) is 0.178. The number of sulfonamides is 1. The van der Waals surface area contributed by atoms with Crippen molar-refractivity contribution >= 4 is 50.7 Å². The molecule has 2 amide bonds. The zero-order valence-corrected chi connectivity index (χ0v) is 27.6. The van der Waals surface area contributed by atoms with E-state index in [-0.39, 0.29) is 30.2 Å². The Labute approximate surface area is 274 Å². The largest absolute Gasteiger partial charge is 0.492 e. The quantitative estimate of drug-likeness (QED) is 0.181. The second-order valence-corrected chi connectivity index (χ2v) is 13.0. The lowest BCUT2D eigenvalue weighted by Crippen LogP contribution is -2.53. The van der Waals surface area contributed by atoms with Crippen molar-refractivity contribution < 1.29 is 22.7 Å². The lowest BCUT2D eigenvalue weighted by Gasteiger charge is -2.34. The standard InChI is InChI=1S/C34H35Cl2N3O5S/c1-4-44-32-13-9-8-12-30(32)39(45(42,43)28-18-14-24(2)15-19-28)23-33(40)38(22-26-16-17-27(35)21-29(26)36)31(34(41)37-3)20-25-10-6-5-7-11-25/h5-19,21,31H,4,20,22-23H2,1-3H3,(H,37,41)/t31-/m1/s1. The molecule has 4 aromatic carbocycles. The van der Waals surface area contributed by atoms with E-state index < -0.39 is 34.4 Å². The third kappa shape index (κ3) is 8.36. The van der Waals surface area contributed by atoms with E-state index in [9.17, 15) is 18.0 Å². The van der Waals surface area contributed by atoms with E-state index in [1.165, 1.54) is 24.1 Å². The number of hydrogen-bond donors (Lipinski definition) is 1. The predicted octanol–water partition coefficient (Wildman–Crippen LogP) is 6.28. The van der Waals surface area contributed by atoms with Gasteiger partial charge in [0.25, 0.3) is 10.0 Å². The molecule has 0 fully saturated rings. The Morgan fingerprint density at radius 3 is 2.22 bits per heavy atom. The second-order valence-electron chi connectivity index (χ2n) is 10.3. The number of likely N-dealkylation sites (N-methyl/N-ethyl adjacent to an activating group) is 1. The molecular formula is C34H35Cl2N3O5S. The number of ether oxygens (including phenoxy) is 1. The van der Waals surface area contributed by atoms with Crippen molar-refractivity contribution in [1.29, 1.82) is 0 Å². The van der Waals surface area contributed by atoms with Crippen LogP contribution >= 0.6 is 23.2 Å². The van der Waals surface area contributed by atoms with Crippen LogP contribution in [-0.2, 0) is 32.6 Å². The van der Waals surface area contributed by atoms with Crippen molar-refractivity contribution in [3.8, 4) is 5.75 Å². The van der Waals surface area contributed by atoms with Crippen molar-refractivity contribution in [2.75, 3.05) is 24.5 Å². The first-order chi connectivity index (χ1) is 21.5. The van der Waals surface area contributed by atoms with Crippen molar-refractivity contribution in [2.24, 2.45) is 0 Å². The molecule has 45 heavy (non-hydrogen) atoms. The first kappa shape index (κ1) is 33.8. The summed E-state index contributed by atoms with van der Waals surface area (Å²) in [7, 11) is -2.78. The molecule has 4 aromatic rings. The van der Waals surface area contributed by atoms with Crippen LogP contribution in [0.3, 0.4) is 0 Å². The van der Waals surface area contributed by atoms with E-state index in [4.69, 9.17) is 27.9 Å². The van der Waals surface area contributed by atoms with Crippen molar-refractivity contribution in [2.45, 2.75) is 37.8 Å². The van der Waals surface area contributed by atoms with Gasteiger partial charge in [0.2, 0.25) is 11.8 Å². The SMILES string of the molecule is CCOc1ccccc1N(CC(=O)N(Cc1ccc(Cl)cc1Cl)[C@H](Cc1ccccc1)C(=O)NC)S(=O)(=O)c1ccc(C)cc1. The molecule has 0 aliphatic carbocycles. The van der Waals surface area contributed by atoms with Crippen LogP contribution in [0.15, 0.2) is 102 Å². The maximum absolute atomic E-state index is 14.5. The molecule has 0 unspecified atom stereocenters. The number of carbonyl (C=O) groups is 2. The minimum Gasteiger partial charge on any atom is -0.492 e. The summed E-state index contributed by atoms with van der Waals surface area (Å²) in [5.74, 6) is -0.740. The predicted molar refractivity (Wildman–Crippen MR) is 178 cm³/mol. The van der Waals surface area contributed by atoms with Crippen LogP contribution in [0.4, 0.5) is 5.69 Å². The maximum atomic E-state index is 14.5. The number of anilines is 1. The molecule has 8 nitrogen and oxygen atoms in total. The molecule has 4 rings (SSSR count). The fourth-order valence-electron chi connectivity index (χ4n) is 4.85. The minimum atomic E-state index is -4.28. The van der Waals surface area contributed by atoms with Crippen molar-refractivity contribution in [1.82, 2.24) is 10.2 Å². The highest BCUT2D eigenvalue weighted by molar-refractivity contribution is 7.92. The summed E-state index contributed by atoms with van der Waals surface area (Å²) in [6.45, 7) is 3.23. The number of nitrogens with one attached hydrogen (secondary N) is 1. The molecule has 0 saturated heterocycles. The van der Waals surface area contributed by atoms with Crippen molar-refractivity contribution in [3.05, 3.63) is 124 Å². The highest BCUT2D eigenvalue weighted by Crippen LogP contribution is 2.33. The van der Waals surface area contributed by atoms with Gasteiger partial charge in [0.05, 0.1) is 17.2 Å². The van der Waals surface area contributed by atoms with Gasteiger partial charge in [0.15, 0.2) is 0 Å². The minimum absolute atomic E-state index is 0.00614. The van der Waals surface area contributed by atoms with Crippen LogP contribution in [0, 0.1) is 6.92 Å². The van der Waals surface area contributed by atoms with Gasteiger partial charge in [-0.3, -0.25) is 13.9 Å². The van der Waals surface area contributed by atoms with Crippen LogP contribution in [0.2, 0.25) is 10.0 Å². The molecule has 1 atom stereocenters. The molecule has 0 heterocycles. The highest BCUT2D eigenvalue weighted by atomic mass is 35.5. The first-order valence-corrected chi connectivity index (χ1v) is 16.5. The zero-order chi connectivity index (χ0) is 32.6. The summed E-state index contributed by atoms with van der Waals surface area (Å²) in [5, 5.41) is 3.38. The molecule has 0 spiro atoms. The normalized spacial score (nSPS) is 11.8. The highest BCUT2D eigenvalue weighted by Gasteiger charge is 2.35. The van der Waals surface area contributed by atoms with E-state index in [1.54, 1.807) is 61.5 Å². The maximum Gasteiger partial charge on any atom is 0.264 e. The number of benzene rings is 4. The van der Waals surface area contributed by atoms with E-state index in [2.05, 4.69) is 5.32 Å². The van der Waals surface area contributed by atoms with E-state index in [1.807, 2.05) is 37.3 Å². The Kier molecular flexibility index (Phi) is 11.5. The molecule has 236 valence electrons. The van der Waals surface area contributed by atoms with Crippen LogP contribution in [0.1, 0.15) is 23.6 Å². The fourth-order valence-corrected chi connectivity index (χ4v) is 6.74. The van der Waals surface area contributed by atoms with Crippen molar-refractivity contribution in [3.63, 3.8) is 0 Å². The van der Waals surface area contributed by atoms with E-state index in [0.29, 0.717) is 21.4 Å². The Balaban J connectivity index is 1.84. The number of amides is 2. The zero-order valence-electron chi connectivity index (χ0n) is 25.2. The van der Waals surface area contributed by atoms with Crippen LogP contribution < -0.4 is 14.4 Å². The number of nitrogens with zero attached hydrogens (tertiary/aromatic N) is 2. The van der Waals surface area contributed by atoms with E-state index in [0.717, 1.165) is 15.4 Å². The molecule has 0 bridgehead atoms. The molecule has 0 aliphatic heterocycles. The topological polar surface area (TPSA) is 96.0 Å². The fraction of sp³-hybridized carbons (Fsp3) is 0.235. The van der Waals surface area contributed by atoms with Gasteiger partial charge in [-0.1, -0.05) is 89.4 Å². The van der Waals surface area contributed by atoms with Gasteiger partial charge in [0, 0.05) is 30.1 Å². The number of rotatable bonds is 13. The second kappa shape index (κ2) is 15.3. The van der Waals surface area contributed by atoms with Gasteiger partial charge in [-0.2, -0.15) is 0 Å². The average Bonchev–Trinajstić information content (AvgIpc) is 3.03. The molecule has 0 aliphatic rings. The Hall–Kier alpha value is -4.05. The van der Waals surface area contributed by atoms with Gasteiger partial charge in [0.1, 0.15) is 18.3 Å². The van der Waals surface area contributed by atoms with Crippen LogP contribution in [-0.4, -0.2) is 51.4 Å². The number of carbonyl (C=O) groups excluding carboxylic acids is 2. The molecule has 0 saturated carbocycles. The molecule has 0 radical (unpaired) electrons. The summed E-state index contributed by atoms with van der Waals surface area (Å²) in [6, 6.07) is 26.2. The van der Waals surface area contributed by atoms with Gasteiger partial charge < -0.3 is 15.0 Å². The average molecular weight is 669 g/mol. The van der Waals surface area contributed by atoms with Crippen LogP contribution in [0.25, 0.3) is 0 Å². The molecule has 11 heteroatoms. The van der Waals surface area contributed by atoms with Gasteiger partial charge in [-0.25, -0.2) is 8.42 Å². The number of aryl methyl sites for hydroxylation is 1. The summed E-state index contributed by atoms with van der Waals surface area (Å²) < 4.78 is 35.3. The van der Waals surface area contributed by atoms with Gasteiger partial charge >= 0.3 is 0 Å². The third-order valence-corrected chi connectivity index (χ3v) is 9.56. The van der Waals surface area contributed by atoms with Gasteiger partial charge in [-0.05, 0) is 61.4 Å². The molecule has 0 aromatic heterocycles. The smallest absolute Gasteiger partial charge is 0.264 e. The molecular weight excluding hydrogens is 633 g/mol. The number of hydrogen-bond acceptors (Lipinski definition) is 5. The number of halogens is 2. The monoisotopic (exact) mass is 667 g/mol. The Bertz CT molecular complexity index is 1730. The van der Waals surface area contributed by atoms with E-state index >= 15 is 0 Å². The lowest BCUT2D eigenvalue weighted by atomic mass is 10.0. The Morgan fingerprint density at radius 2 is 1.58 bits per heavy atom. The lowest BCUT2D eigenvalue weighted by molar-refractivity contribution is -0.139. The molecule has 1 N–H and O–H groups in total. The van der Waals surface area contributed by atoms with Gasteiger partial charge in [-0.15, -0.1) is 0 Å². The summed E-state index contributed by atoms with van der Waals surface area (Å²) >= 11 is 12.7. The summed E-state index contributed by atoms with van der Waals surface area (Å²) in [5.41, 5.74) is 2.43. The first-order valence-electron chi connectivity index (χ1n) is 14.3. The third-order valence-electron chi connectivity index (χ3n) is 7.19. The number of para-hydroxylation sites is 2. The Morgan fingerprint density at radius 1 is 0.911 bits per heavy atom.